The van der Waals surface area contributed by atoms with Gasteiger partial charge in [0, 0.05) is 25.0 Å². The Kier molecular flexibility index (Phi) is 3.31. The summed E-state index contributed by atoms with van der Waals surface area (Å²) in [5.74, 6) is 0. The van der Waals surface area contributed by atoms with E-state index in [0.717, 1.165) is 12.2 Å². The van der Waals surface area contributed by atoms with Gasteiger partial charge in [0.2, 0.25) is 0 Å². The lowest BCUT2D eigenvalue weighted by Crippen LogP contribution is -2.04. The summed E-state index contributed by atoms with van der Waals surface area (Å²) in [6, 6.07) is 2.12. The molecule has 0 amide bonds. The van der Waals surface area contributed by atoms with Crippen LogP contribution >= 0.6 is 0 Å². The molecule has 0 bridgehead atoms. The summed E-state index contributed by atoms with van der Waals surface area (Å²) < 4.78 is 7.22. The van der Waals surface area contributed by atoms with Crippen LogP contribution in [0.3, 0.4) is 0 Å². The number of rotatable bonds is 4. The fraction of sp³-hybridized carbons (Fsp3) is 0.556. The van der Waals surface area contributed by atoms with Gasteiger partial charge in [0.15, 0.2) is 0 Å². The van der Waals surface area contributed by atoms with Crippen molar-refractivity contribution in [2.45, 2.75) is 26.6 Å². The summed E-state index contributed by atoms with van der Waals surface area (Å²) in [5, 5.41) is 0. The number of nitrogens with two attached hydrogens (primary N) is 1. The molecule has 0 saturated carbocycles. The van der Waals surface area contributed by atoms with Gasteiger partial charge in [-0.15, -0.1) is 0 Å². The highest BCUT2D eigenvalue weighted by Crippen LogP contribution is 2.09. The van der Waals surface area contributed by atoms with Crippen molar-refractivity contribution in [1.29, 1.82) is 0 Å². The molecule has 1 aromatic rings. The zero-order valence-electron chi connectivity index (χ0n) is 7.66. The molecule has 1 aromatic heterocycles. The Morgan fingerprint density at radius 2 is 2.42 bits per heavy atom. The molecule has 3 heteroatoms. The first-order valence-corrected chi connectivity index (χ1v) is 4.23. The van der Waals surface area contributed by atoms with Crippen LogP contribution in [0.1, 0.15) is 25.5 Å². The van der Waals surface area contributed by atoms with Crippen LogP contribution in [0.25, 0.3) is 0 Å². The number of hydrogen-bond donors (Lipinski definition) is 1. The maximum absolute atomic E-state index is 5.70. The van der Waals surface area contributed by atoms with Gasteiger partial charge in [-0.2, -0.15) is 0 Å². The van der Waals surface area contributed by atoms with Crippen molar-refractivity contribution in [3.8, 4) is 0 Å². The van der Waals surface area contributed by atoms with E-state index in [1.54, 1.807) is 0 Å². The fourth-order valence-electron chi connectivity index (χ4n) is 1.01. The minimum Gasteiger partial charge on any atom is -0.361 e. The third kappa shape index (κ3) is 2.36. The Bertz CT molecular complexity index is 230. The van der Waals surface area contributed by atoms with Gasteiger partial charge in [-0.3, -0.25) is 0 Å². The van der Waals surface area contributed by atoms with Gasteiger partial charge in [0.05, 0.1) is 0 Å². The summed E-state index contributed by atoms with van der Waals surface area (Å²) in [6.07, 6.45) is 3.99. The molecule has 0 saturated heterocycles. The monoisotopic (exact) mass is 168 g/mol. The maximum Gasteiger partial charge on any atom is 0.122 e. The number of aromatic nitrogens is 1. The molecule has 0 spiro atoms. The smallest absolute Gasteiger partial charge is 0.122 e. The first-order valence-electron chi connectivity index (χ1n) is 4.23. The number of ether oxygens (including phenoxy) is 1. The molecule has 0 aliphatic rings. The van der Waals surface area contributed by atoms with E-state index in [4.69, 9.17) is 10.5 Å². The van der Waals surface area contributed by atoms with E-state index >= 15 is 0 Å². The zero-order valence-corrected chi connectivity index (χ0v) is 7.66. The number of hydrogen-bond acceptors (Lipinski definition) is 2. The number of nitrogens with zero attached hydrogens (tertiary/aromatic N) is 1. The predicted molar refractivity (Wildman–Crippen MR) is 48.7 cm³/mol. The van der Waals surface area contributed by atoms with Gasteiger partial charge in [-0.1, -0.05) is 0 Å². The summed E-state index contributed by atoms with van der Waals surface area (Å²) in [7, 11) is 0. The van der Waals surface area contributed by atoms with E-state index in [2.05, 4.69) is 0 Å². The standard InChI is InChI=1S/C9H16N2O/c1-3-12-7-11-5-4-9(6-11)8(2)10/h4-6,8H,3,7,10H2,1-2H3. The maximum atomic E-state index is 5.70. The molecule has 0 aromatic carbocycles. The van der Waals surface area contributed by atoms with Crippen molar-refractivity contribution in [3.63, 3.8) is 0 Å². The highest BCUT2D eigenvalue weighted by molar-refractivity contribution is 5.13. The van der Waals surface area contributed by atoms with E-state index in [1.807, 2.05) is 36.9 Å². The van der Waals surface area contributed by atoms with E-state index < -0.39 is 0 Å². The Morgan fingerprint density at radius 1 is 1.67 bits per heavy atom. The molecule has 68 valence electrons. The van der Waals surface area contributed by atoms with Crippen molar-refractivity contribution in [1.82, 2.24) is 4.57 Å². The minimum atomic E-state index is 0.105. The lowest BCUT2D eigenvalue weighted by molar-refractivity contribution is 0.0880. The van der Waals surface area contributed by atoms with Crippen LogP contribution in [-0.4, -0.2) is 11.2 Å². The van der Waals surface area contributed by atoms with Crippen LogP contribution < -0.4 is 5.73 Å². The van der Waals surface area contributed by atoms with Gasteiger partial charge in [0.25, 0.3) is 0 Å². The molecule has 1 heterocycles. The predicted octanol–water partition coefficient (Wildman–Crippen LogP) is 1.50. The second-order valence-electron chi connectivity index (χ2n) is 2.87. The lowest BCUT2D eigenvalue weighted by atomic mass is 10.2. The van der Waals surface area contributed by atoms with Gasteiger partial charge >= 0.3 is 0 Å². The average molecular weight is 168 g/mol. The summed E-state index contributed by atoms with van der Waals surface area (Å²) in [6.45, 7) is 5.31. The van der Waals surface area contributed by atoms with Crippen LogP contribution in [0, 0.1) is 0 Å². The second-order valence-corrected chi connectivity index (χ2v) is 2.87. The molecule has 1 rings (SSSR count). The topological polar surface area (TPSA) is 40.2 Å². The fourth-order valence-corrected chi connectivity index (χ4v) is 1.01. The van der Waals surface area contributed by atoms with Crippen molar-refractivity contribution in [3.05, 3.63) is 24.0 Å². The molecule has 3 nitrogen and oxygen atoms in total. The first kappa shape index (κ1) is 9.29. The molecule has 1 unspecified atom stereocenters. The van der Waals surface area contributed by atoms with Crippen LogP contribution in [0.15, 0.2) is 18.5 Å². The third-order valence-electron chi connectivity index (χ3n) is 1.74. The Hall–Kier alpha value is -0.800. The van der Waals surface area contributed by atoms with Crippen LogP contribution in [0.4, 0.5) is 0 Å². The molecule has 0 aliphatic heterocycles. The van der Waals surface area contributed by atoms with Crippen LogP contribution in [0.5, 0.6) is 0 Å². The Morgan fingerprint density at radius 3 is 2.92 bits per heavy atom. The SMILES string of the molecule is CCOCn1ccc(C(C)N)c1. The Labute approximate surface area is 73.1 Å². The minimum absolute atomic E-state index is 0.105. The van der Waals surface area contributed by atoms with E-state index in [0.29, 0.717) is 6.73 Å². The van der Waals surface area contributed by atoms with E-state index in [-0.39, 0.29) is 6.04 Å². The molecular weight excluding hydrogens is 152 g/mol. The molecule has 0 aliphatic carbocycles. The second kappa shape index (κ2) is 4.28. The first-order chi connectivity index (χ1) is 5.74. The lowest BCUT2D eigenvalue weighted by Gasteiger charge is -2.02. The van der Waals surface area contributed by atoms with Crippen molar-refractivity contribution < 1.29 is 4.74 Å². The van der Waals surface area contributed by atoms with Crippen molar-refractivity contribution >= 4 is 0 Å². The summed E-state index contributed by atoms with van der Waals surface area (Å²) >= 11 is 0. The molecule has 2 N–H and O–H groups in total. The van der Waals surface area contributed by atoms with Gasteiger partial charge < -0.3 is 15.0 Å². The van der Waals surface area contributed by atoms with Gasteiger partial charge in [0.1, 0.15) is 6.73 Å². The van der Waals surface area contributed by atoms with Gasteiger partial charge in [-0.05, 0) is 25.5 Å². The largest absolute Gasteiger partial charge is 0.361 e. The van der Waals surface area contributed by atoms with Crippen molar-refractivity contribution in [2.24, 2.45) is 5.73 Å². The molecule has 0 radical (unpaired) electrons. The molecule has 12 heavy (non-hydrogen) atoms. The average Bonchev–Trinajstić information content (AvgIpc) is 2.48. The zero-order chi connectivity index (χ0) is 8.97. The summed E-state index contributed by atoms with van der Waals surface area (Å²) in [5.41, 5.74) is 6.85. The van der Waals surface area contributed by atoms with Gasteiger partial charge in [-0.25, -0.2) is 0 Å². The molecule has 0 fully saturated rings. The van der Waals surface area contributed by atoms with Crippen molar-refractivity contribution in [2.75, 3.05) is 6.61 Å². The Balaban J connectivity index is 2.52. The molecule has 1 atom stereocenters. The highest BCUT2D eigenvalue weighted by atomic mass is 16.5. The normalized spacial score (nSPS) is 13.2. The van der Waals surface area contributed by atoms with Crippen LogP contribution in [0.2, 0.25) is 0 Å². The van der Waals surface area contributed by atoms with Crippen LogP contribution in [-0.2, 0) is 11.5 Å². The van der Waals surface area contributed by atoms with E-state index in [1.165, 1.54) is 0 Å². The highest BCUT2D eigenvalue weighted by Gasteiger charge is 2.00. The van der Waals surface area contributed by atoms with E-state index in [9.17, 15) is 0 Å². The summed E-state index contributed by atoms with van der Waals surface area (Å²) in [4.78, 5) is 0. The third-order valence-corrected chi connectivity index (χ3v) is 1.74. The molecular formula is C9H16N2O. The quantitative estimate of drug-likeness (QED) is 0.740.